The van der Waals surface area contributed by atoms with Crippen molar-refractivity contribution in [1.82, 2.24) is 5.32 Å². The molecule has 1 fully saturated rings. The number of thioether (sulfide) groups is 1. The van der Waals surface area contributed by atoms with Crippen molar-refractivity contribution >= 4 is 62.9 Å². The second-order valence-electron chi connectivity index (χ2n) is 3.99. The Morgan fingerprint density at radius 3 is 2.85 bits per heavy atom. The molecular formula is C13H6ClNO3S2. The summed E-state index contributed by atoms with van der Waals surface area (Å²) in [6, 6.07) is 4.94. The van der Waals surface area contributed by atoms with E-state index in [4.69, 9.17) is 28.2 Å². The first-order valence-electron chi connectivity index (χ1n) is 5.51. The number of carbonyl (C=O) groups is 1. The Morgan fingerprint density at radius 1 is 1.35 bits per heavy atom. The molecule has 2 heterocycles. The van der Waals surface area contributed by atoms with Crippen molar-refractivity contribution < 1.29 is 9.21 Å². The third-order valence-corrected chi connectivity index (χ3v) is 4.17. The molecule has 1 aliphatic heterocycles. The number of halogens is 1. The molecule has 1 amide bonds. The highest BCUT2D eigenvalue weighted by molar-refractivity contribution is 8.26. The zero-order valence-corrected chi connectivity index (χ0v) is 12.2. The van der Waals surface area contributed by atoms with E-state index in [9.17, 15) is 9.59 Å². The number of para-hydroxylation sites is 1. The molecule has 1 N–H and O–H groups in total. The van der Waals surface area contributed by atoms with E-state index in [1.54, 1.807) is 18.2 Å². The molecule has 0 bridgehead atoms. The highest BCUT2D eigenvalue weighted by atomic mass is 35.5. The van der Waals surface area contributed by atoms with E-state index in [0.717, 1.165) is 11.8 Å². The van der Waals surface area contributed by atoms with Crippen LogP contribution in [0.15, 0.2) is 38.6 Å². The molecule has 3 rings (SSSR count). The molecule has 1 aliphatic rings. The summed E-state index contributed by atoms with van der Waals surface area (Å²) in [4.78, 5) is 24.3. The van der Waals surface area contributed by atoms with Gasteiger partial charge in [-0.05, 0) is 18.2 Å². The number of benzene rings is 1. The van der Waals surface area contributed by atoms with Crippen LogP contribution in [0.2, 0.25) is 5.02 Å². The standard InChI is InChI=1S/C13H6ClNO3S2/c14-8-3-1-2-7-10(16)6(5-18-11(7)8)4-9-12(17)15-13(19)20-9/h1-5H,(H,15,17,19)/b9-4-. The minimum absolute atomic E-state index is 0.243. The first-order chi connectivity index (χ1) is 9.56. The van der Waals surface area contributed by atoms with Crippen LogP contribution in [0, 0.1) is 0 Å². The van der Waals surface area contributed by atoms with Gasteiger partial charge in [-0.1, -0.05) is 41.6 Å². The number of nitrogens with one attached hydrogen (secondary N) is 1. The first kappa shape index (κ1) is 13.4. The van der Waals surface area contributed by atoms with Gasteiger partial charge in [0.05, 0.1) is 20.9 Å². The Bertz CT molecular complexity index is 841. The van der Waals surface area contributed by atoms with Crippen molar-refractivity contribution in [2.24, 2.45) is 0 Å². The van der Waals surface area contributed by atoms with Crippen LogP contribution in [0.1, 0.15) is 5.56 Å². The zero-order valence-electron chi connectivity index (χ0n) is 9.81. The summed E-state index contributed by atoms with van der Waals surface area (Å²) in [6.07, 6.45) is 2.75. The lowest BCUT2D eigenvalue weighted by Gasteiger charge is -2.00. The number of hydrogen-bond donors (Lipinski definition) is 1. The Hall–Kier alpha value is -1.63. The van der Waals surface area contributed by atoms with Gasteiger partial charge in [0, 0.05) is 0 Å². The van der Waals surface area contributed by atoms with Gasteiger partial charge in [-0.3, -0.25) is 9.59 Å². The molecule has 0 spiro atoms. The third-order valence-electron chi connectivity index (χ3n) is 2.71. The van der Waals surface area contributed by atoms with Crippen molar-refractivity contribution in [1.29, 1.82) is 0 Å². The molecule has 1 aromatic carbocycles. The Balaban J connectivity index is 2.17. The fraction of sp³-hybridized carbons (Fsp3) is 0. The van der Waals surface area contributed by atoms with Gasteiger partial charge in [-0.15, -0.1) is 0 Å². The van der Waals surface area contributed by atoms with Crippen molar-refractivity contribution in [3.05, 3.63) is 50.2 Å². The maximum absolute atomic E-state index is 12.3. The van der Waals surface area contributed by atoms with E-state index >= 15 is 0 Å². The fourth-order valence-electron chi connectivity index (χ4n) is 1.80. The van der Waals surface area contributed by atoms with Crippen LogP contribution >= 0.6 is 35.6 Å². The monoisotopic (exact) mass is 323 g/mol. The highest BCUT2D eigenvalue weighted by Gasteiger charge is 2.22. The molecule has 0 atom stereocenters. The van der Waals surface area contributed by atoms with Crippen LogP contribution < -0.4 is 10.7 Å². The molecule has 7 heteroatoms. The van der Waals surface area contributed by atoms with Gasteiger partial charge < -0.3 is 9.73 Å². The minimum Gasteiger partial charge on any atom is -0.462 e. The third kappa shape index (κ3) is 2.26. The van der Waals surface area contributed by atoms with Gasteiger partial charge >= 0.3 is 0 Å². The number of rotatable bonds is 1. The normalized spacial score (nSPS) is 16.9. The van der Waals surface area contributed by atoms with Crippen molar-refractivity contribution in [3.63, 3.8) is 0 Å². The van der Waals surface area contributed by atoms with E-state index in [1.165, 1.54) is 12.3 Å². The predicted octanol–water partition coefficient (Wildman–Crippen LogP) is 2.94. The van der Waals surface area contributed by atoms with Crippen LogP contribution in [-0.4, -0.2) is 10.2 Å². The lowest BCUT2D eigenvalue weighted by atomic mass is 10.1. The Kier molecular flexibility index (Phi) is 3.37. The maximum Gasteiger partial charge on any atom is 0.263 e. The molecule has 1 aromatic heterocycles. The van der Waals surface area contributed by atoms with E-state index < -0.39 is 0 Å². The summed E-state index contributed by atoms with van der Waals surface area (Å²) in [7, 11) is 0. The number of thiocarbonyl (C=S) groups is 1. The van der Waals surface area contributed by atoms with E-state index in [2.05, 4.69) is 5.32 Å². The Labute approximate surface area is 127 Å². The van der Waals surface area contributed by atoms with Crippen LogP contribution in [-0.2, 0) is 4.79 Å². The topological polar surface area (TPSA) is 59.3 Å². The van der Waals surface area contributed by atoms with E-state index in [1.807, 2.05) is 0 Å². The molecule has 2 aromatic rings. The maximum atomic E-state index is 12.3. The summed E-state index contributed by atoms with van der Waals surface area (Å²) in [5.41, 5.74) is 0.370. The second kappa shape index (κ2) is 5.05. The molecular weight excluding hydrogens is 318 g/mol. The lowest BCUT2D eigenvalue weighted by molar-refractivity contribution is -0.115. The van der Waals surface area contributed by atoms with Crippen LogP contribution in [0.3, 0.4) is 0 Å². The summed E-state index contributed by atoms with van der Waals surface area (Å²) < 4.78 is 5.75. The van der Waals surface area contributed by atoms with E-state index in [-0.39, 0.29) is 16.9 Å². The number of fused-ring (bicyclic) bond motifs is 1. The van der Waals surface area contributed by atoms with Gasteiger partial charge in [-0.2, -0.15) is 0 Å². The molecule has 0 unspecified atom stereocenters. The second-order valence-corrected chi connectivity index (χ2v) is 6.11. The molecule has 0 saturated carbocycles. The molecule has 100 valence electrons. The zero-order chi connectivity index (χ0) is 14.3. The molecule has 20 heavy (non-hydrogen) atoms. The first-order valence-corrected chi connectivity index (χ1v) is 7.11. The van der Waals surface area contributed by atoms with E-state index in [0.29, 0.717) is 25.2 Å². The number of carbonyl (C=O) groups excluding carboxylic acids is 1. The SMILES string of the molecule is O=C1NC(=S)S/C1=C\c1coc2c(Cl)cccc2c1=O. The summed E-state index contributed by atoms with van der Waals surface area (Å²) >= 11 is 12.0. The summed E-state index contributed by atoms with van der Waals surface area (Å²) in [5, 5.41) is 3.23. The summed E-state index contributed by atoms with van der Waals surface area (Å²) in [6.45, 7) is 0. The molecule has 1 saturated heterocycles. The van der Waals surface area contributed by atoms with Gasteiger partial charge in [0.15, 0.2) is 11.0 Å². The van der Waals surface area contributed by atoms with Gasteiger partial charge in [-0.25, -0.2) is 0 Å². The van der Waals surface area contributed by atoms with Crippen LogP contribution in [0.25, 0.3) is 17.0 Å². The molecule has 0 aliphatic carbocycles. The lowest BCUT2D eigenvalue weighted by Crippen LogP contribution is -2.17. The van der Waals surface area contributed by atoms with Crippen molar-refractivity contribution in [2.45, 2.75) is 0 Å². The fourth-order valence-corrected chi connectivity index (χ4v) is 3.05. The quantitative estimate of drug-likeness (QED) is 0.646. The van der Waals surface area contributed by atoms with Gasteiger partial charge in [0.2, 0.25) is 0 Å². The largest absolute Gasteiger partial charge is 0.462 e. The minimum atomic E-state index is -0.314. The highest BCUT2D eigenvalue weighted by Crippen LogP contribution is 2.26. The van der Waals surface area contributed by atoms with Gasteiger partial charge in [0.1, 0.15) is 10.6 Å². The number of hydrogen-bond acceptors (Lipinski definition) is 5. The van der Waals surface area contributed by atoms with Crippen molar-refractivity contribution in [2.75, 3.05) is 0 Å². The summed E-state index contributed by atoms with van der Waals surface area (Å²) in [5.74, 6) is -0.314. The van der Waals surface area contributed by atoms with Crippen LogP contribution in [0.4, 0.5) is 0 Å². The molecule has 0 radical (unpaired) electrons. The van der Waals surface area contributed by atoms with Crippen LogP contribution in [0.5, 0.6) is 0 Å². The smallest absolute Gasteiger partial charge is 0.263 e. The number of amides is 1. The van der Waals surface area contributed by atoms with Gasteiger partial charge in [0.25, 0.3) is 5.91 Å². The Morgan fingerprint density at radius 2 is 2.15 bits per heavy atom. The molecule has 4 nitrogen and oxygen atoms in total. The predicted molar refractivity (Wildman–Crippen MR) is 83.8 cm³/mol. The average Bonchev–Trinajstić information content (AvgIpc) is 2.72. The van der Waals surface area contributed by atoms with Crippen molar-refractivity contribution in [3.8, 4) is 0 Å². The average molecular weight is 324 g/mol.